The van der Waals surface area contributed by atoms with Crippen LogP contribution in [-0.2, 0) is 17.9 Å². The SMILES string of the molecule is COCc1cccc(CNC(=O)NCC2COc3ccccc3O2)c1. The molecule has 0 saturated heterocycles. The molecule has 0 aromatic heterocycles. The number of carbonyl (C=O) groups is 1. The number of hydrogen-bond acceptors (Lipinski definition) is 4. The minimum Gasteiger partial charge on any atom is -0.486 e. The molecule has 0 spiro atoms. The summed E-state index contributed by atoms with van der Waals surface area (Å²) in [5.41, 5.74) is 2.10. The van der Waals surface area contributed by atoms with Gasteiger partial charge in [0.1, 0.15) is 6.61 Å². The Hall–Kier alpha value is -2.73. The summed E-state index contributed by atoms with van der Waals surface area (Å²) in [6.07, 6.45) is -0.203. The molecule has 1 heterocycles. The summed E-state index contributed by atoms with van der Waals surface area (Å²) in [5.74, 6) is 1.44. The third-order valence-corrected chi connectivity index (χ3v) is 3.81. The van der Waals surface area contributed by atoms with Crippen molar-refractivity contribution >= 4 is 6.03 Å². The van der Waals surface area contributed by atoms with Crippen LogP contribution >= 0.6 is 0 Å². The molecule has 2 N–H and O–H groups in total. The summed E-state index contributed by atoms with van der Waals surface area (Å²) in [7, 11) is 1.66. The van der Waals surface area contributed by atoms with Gasteiger partial charge in [0.2, 0.25) is 0 Å². The smallest absolute Gasteiger partial charge is 0.315 e. The van der Waals surface area contributed by atoms with Gasteiger partial charge in [-0.15, -0.1) is 0 Å². The van der Waals surface area contributed by atoms with Crippen LogP contribution in [0.4, 0.5) is 4.79 Å². The highest BCUT2D eigenvalue weighted by atomic mass is 16.6. The number of benzene rings is 2. The zero-order valence-corrected chi connectivity index (χ0v) is 14.2. The topological polar surface area (TPSA) is 68.8 Å². The molecule has 6 nitrogen and oxygen atoms in total. The van der Waals surface area contributed by atoms with Crippen LogP contribution < -0.4 is 20.1 Å². The molecule has 132 valence electrons. The fourth-order valence-corrected chi connectivity index (χ4v) is 2.61. The first-order valence-electron chi connectivity index (χ1n) is 8.21. The normalized spacial score (nSPS) is 15.5. The number of hydrogen-bond donors (Lipinski definition) is 2. The molecule has 25 heavy (non-hydrogen) atoms. The number of urea groups is 1. The Morgan fingerprint density at radius 2 is 1.92 bits per heavy atom. The Morgan fingerprint density at radius 3 is 2.76 bits per heavy atom. The maximum atomic E-state index is 12.0. The quantitative estimate of drug-likeness (QED) is 0.846. The van der Waals surface area contributed by atoms with E-state index in [1.54, 1.807) is 7.11 Å². The van der Waals surface area contributed by atoms with Crippen molar-refractivity contribution in [2.24, 2.45) is 0 Å². The van der Waals surface area contributed by atoms with Crippen LogP contribution in [0.5, 0.6) is 11.5 Å². The molecule has 0 radical (unpaired) electrons. The summed E-state index contributed by atoms with van der Waals surface area (Å²) in [6, 6.07) is 15.2. The monoisotopic (exact) mass is 342 g/mol. The first kappa shape index (κ1) is 17.1. The van der Waals surface area contributed by atoms with Crippen LogP contribution in [0.2, 0.25) is 0 Å². The average molecular weight is 342 g/mol. The van der Waals surface area contributed by atoms with E-state index in [-0.39, 0.29) is 12.1 Å². The maximum Gasteiger partial charge on any atom is 0.315 e. The molecular formula is C19H22N2O4. The minimum atomic E-state index is -0.236. The number of methoxy groups -OCH3 is 1. The van der Waals surface area contributed by atoms with Gasteiger partial charge in [-0.3, -0.25) is 0 Å². The molecule has 2 aromatic rings. The van der Waals surface area contributed by atoms with E-state index in [1.807, 2.05) is 48.5 Å². The molecule has 6 heteroatoms. The van der Waals surface area contributed by atoms with Crippen LogP contribution in [0.1, 0.15) is 11.1 Å². The molecule has 2 aromatic carbocycles. The third-order valence-electron chi connectivity index (χ3n) is 3.81. The lowest BCUT2D eigenvalue weighted by atomic mass is 10.1. The highest BCUT2D eigenvalue weighted by Gasteiger charge is 2.20. The first-order chi connectivity index (χ1) is 12.2. The predicted octanol–water partition coefficient (Wildman–Crippen LogP) is 2.47. The lowest BCUT2D eigenvalue weighted by Crippen LogP contribution is -2.44. The molecule has 1 unspecified atom stereocenters. The van der Waals surface area contributed by atoms with E-state index in [9.17, 15) is 4.79 Å². The van der Waals surface area contributed by atoms with E-state index >= 15 is 0 Å². The van der Waals surface area contributed by atoms with Crippen LogP contribution in [0.3, 0.4) is 0 Å². The van der Waals surface area contributed by atoms with Crippen molar-refractivity contribution in [1.29, 1.82) is 0 Å². The summed E-state index contributed by atoms with van der Waals surface area (Å²) in [4.78, 5) is 12.0. The summed E-state index contributed by atoms with van der Waals surface area (Å²) >= 11 is 0. The second kappa shape index (κ2) is 8.39. The van der Waals surface area contributed by atoms with E-state index in [0.717, 1.165) is 16.9 Å². The fourth-order valence-electron chi connectivity index (χ4n) is 2.61. The molecule has 0 saturated carbocycles. The molecule has 1 aliphatic rings. The molecule has 1 atom stereocenters. The molecule has 0 aliphatic carbocycles. The van der Waals surface area contributed by atoms with E-state index < -0.39 is 0 Å². The number of para-hydroxylation sites is 2. The van der Waals surface area contributed by atoms with Gasteiger partial charge in [0.15, 0.2) is 17.6 Å². The van der Waals surface area contributed by atoms with Crippen molar-refractivity contribution in [3.63, 3.8) is 0 Å². The molecule has 1 aliphatic heterocycles. The average Bonchev–Trinajstić information content (AvgIpc) is 2.65. The third kappa shape index (κ3) is 4.87. The number of fused-ring (bicyclic) bond motifs is 1. The second-order valence-corrected chi connectivity index (χ2v) is 5.81. The fraction of sp³-hybridized carbons (Fsp3) is 0.316. The zero-order chi connectivity index (χ0) is 17.5. The lowest BCUT2D eigenvalue weighted by molar-refractivity contribution is 0.0918. The maximum absolute atomic E-state index is 12.0. The van der Waals surface area contributed by atoms with Gasteiger partial charge in [0, 0.05) is 13.7 Å². The van der Waals surface area contributed by atoms with E-state index in [1.165, 1.54) is 0 Å². The van der Waals surface area contributed by atoms with Gasteiger partial charge in [-0.05, 0) is 23.3 Å². The van der Waals surface area contributed by atoms with Gasteiger partial charge in [-0.1, -0.05) is 36.4 Å². The van der Waals surface area contributed by atoms with Crippen LogP contribution in [0.15, 0.2) is 48.5 Å². The summed E-state index contributed by atoms with van der Waals surface area (Å²) in [5, 5.41) is 5.65. The second-order valence-electron chi connectivity index (χ2n) is 5.81. The van der Waals surface area contributed by atoms with Crippen molar-refractivity contribution in [1.82, 2.24) is 10.6 Å². The summed E-state index contributed by atoms with van der Waals surface area (Å²) in [6.45, 7) is 1.80. The number of carbonyl (C=O) groups excluding carboxylic acids is 1. The molecule has 3 rings (SSSR count). The number of rotatable bonds is 6. The Morgan fingerprint density at radius 1 is 1.12 bits per heavy atom. The number of nitrogens with one attached hydrogen (secondary N) is 2. The van der Waals surface area contributed by atoms with Crippen molar-refractivity contribution in [3.05, 3.63) is 59.7 Å². The van der Waals surface area contributed by atoms with Gasteiger partial charge in [0.25, 0.3) is 0 Å². The Kier molecular flexibility index (Phi) is 5.74. The number of ether oxygens (including phenoxy) is 3. The highest BCUT2D eigenvalue weighted by Crippen LogP contribution is 2.30. The van der Waals surface area contributed by atoms with Gasteiger partial charge >= 0.3 is 6.03 Å². The van der Waals surface area contributed by atoms with Gasteiger partial charge < -0.3 is 24.8 Å². The lowest BCUT2D eigenvalue weighted by Gasteiger charge is -2.26. The van der Waals surface area contributed by atoms with Crippen LogP contribution in [0.25, 0.3) is 0 Å². The molecule has 2 amide bonds. The standard InChI is InChI=1S/C19H22N2O4/c1-23-12-15-6-4-5-14(9-15)10-20-19(22)21-11-16-13-24-17-7-2-3-8-18(17)25-16/h2-9,16H,10-13H2,1H3,(H2,20,21,22). The first-order valence-corrected chi connectivity index (χ1v) is 8.21. The van der Waals surface area contributed by atoms with Crippen molar-refractivity contribution in [3.8, 4) is 11.5 Å². The highest BCUT2D eigenvalue weighted by molar-refractivity contribution is 5.73. The van der Waals surface area contributed by atoms with Crippen LogP contribution in [-0.4, -0.2) is 32.4 Å². The largest absolute Gasteiger partial charge is 0.486 e. The van der Waals surface area contributed by atoms with Crippen molar-refractivity contribution in [2.75, 3.05) is 20.3 Å². The van der Waals surface area contributed by atoms with Gasteiger partial charge in [0.05, 0.1) is 13.2 Å². The van der Waals surface area contributed by atoms with E-state index in [4.69, 9.17) is 14.2 Å². The minimum absolute atomic E-state index is 0.203. The van der Waals surface area contributed by atoms with E-state index in [0.29, 0.717) is 32.1 Å². The van der Waals surface area contributed by atoms with Crippen LogP contribution in [0, 0.1) is 0 Å². The molecule has 0 fully saturated rings. The summed E-state index contributed by atoms with van der Waals surface area (Å²) < 4.78 is 16.5. The molecular weight excluding hydrogens is 320 g/mol. The predicted molar refractivity (Wildman–Crippen MR) is 93.7 cm³/mol. The Balaban J connectivity index is 1.42. The zero-order valence-electron chi connectivity index (χ0n) is 14.2. The molecule has 0 bridgehead atoms. The van der Waals surface area contributed by atoms with E-state index in [2.05, 4.69) is 10.6 Å². The van der Waals surface area contributed by atoms with Crippen molar-refractivity contribution < 1.29 is 19.0 Å². The van der Waals surface area contributed by atoms with Gasteiger partial charge in [-0.2, -0.15) is 0 Å². The van der Waals surface area contributed by atoms with Gasteiger partial charge in [-0.25, -0.2) is 4.79 Å². The Bertz CT molecular complexity index is 720. The Labute approximate surface area is 147 Å². The van der Waals surface area contributed by atoms with Crippen molar-refractivity contribution in [2.45, 2.75) is 19.3 Å². The number of amides is 2.